The lowest BCUT2D eigenvalue weighted by molar-refractivity contribution is 0.327. The number of ether oxygens (including phenoxy) is 1. The molecule has 3 aromatic rings. The molecule has 0 amide bonds. The van der Waals surface area contributed by atoms with Crippen molar-refractivity contribution < 1.29 is 9.13 Å². The van der Waals surface area contributed by atoms with E-state index in [0.29, 0.717) is 29.8 Å². The minimum atomic E-state index is -0.285. The van der Waals surface area contributed by atoms with E-state index >= 15 is 0 Å². The van der Waals surface area contributed by atoms with Crippen LogP contribution < -0.4 is 15.4 Å². The maximum absolute atomic E-state index is 14.0. The monoisotopic (exact) mass is 486 g/mol. The molecule has 4 rings (SSSR count). The third-order valence-electron chi connectivity index (χ3n) is 5.58. The first-order valence-corrected chi connectivity index (χ1v) is 11.3. The van der Waals surface area contributed by atoms with E-state index < -0.39 is 0 Å². The van der Waals surface area contributed by atoms with Crippen LogP contribution in [0, 0.1) is 27.5 Å². The van der Waals surface area contributed by atoms with Crippen molar-refractivity contribution in [2.45, 2.75) is 25.8 Å². The zero-order valence-corrected chi connectivity index (χ0v) is 19.3. The highest BCUT2D eigenvalue weighted by atomic mass is 19.1. The van der Waals surface area contributed by atoms with Gasteiger partial charge in [-0.3, -0.25) is 10.4 Å². The van der Waals surface area contributed by atoms with E-state index in [2.05, 4.69) is 36.8 Å². The number of nitrogens with one attached hydrogen (secondary N) is 3. The van der Waals surface area contributed by atoms with Crippen LogP contribution in [-0.2, 0) is 6.54 Å². The molecule has 0 saturated carbocycles. The Labute approximate surface area is 206 Å². The van der Waals surface area contributed by atoms with Gasteiger partial charge in [0, 0.05) is 30.2 Å². The van der Waals surface area contributed by atoms with E-state index in [-0.39, 0.29) is 42.1 Å². The Hall–Kier alpha value is -4.72. The zero-order chi connectivity index (χ0) is 25.3. The molecule has 1 aliphatic carbocycles. The van der Waals surface area contributed by atoms with E-state index in [4.69, 9.17) is 10.1 Å². The summed E-state index contributed by atoms with van der Waals surface area (Å²) in [7, 11) is 0. The number of allylic oxidation sites excluding steroid dienone is 2. The Kier molecular flexibility index (Phi) is 7.87. The van der Waals surface area contributed by atoms with E-state index in [1.165, 1.54) is 24.7 Å². The normalized spacial score (nSPS) is 12.7. The molecular weight excluding hydrogens is 463 g/mol. The maximum Gasteiger partial charge on any atom is 0.180 e. The highest BCUT2D eigenvalue weighted by Crippen LogP contribution is 2.30. The Morgan fingerprint density at radius 3 is 2.92 bits per heavy atom. The Morgan fingerprint density at radius 2 is 2.11 bits per heavy atom. The maximum atomic E-state index is 14.0. The molecule has 0 bridgehead atoms. The number of anilines is 2. The van der Waals surface area contributed by atoms with Crippen molar-refractivity contribution in [3.63, 3.8) is 0 Å². The first kappa shape index (κ1) is 24.4. The molecule has 0 spiro atoms. The summed E-state index contributed by atoms with van der Waals surface area (Å²) in [6.45, 7) is 0.275. The number of nitroso groups, excluding NO2 is 1. The van der Waals surface area contributed by atoms with Gasteiger partial charge >= 0.3 is 0 Å². The van der Waals surface area contributed by atoms with Gasteiger partial charge in [0.15, 0.2) is 17.4 Å². The second-order valence-corrected chi connectivity index (χ2v) is 7.90. The minimum absolute atomic E-state index is 0.0229. The van der Waals surface area contributed by atoms with E-state index in [0.717, 1.165) is 24.1 Å². The summed E-state index contributed by atoms with van der Waals surface area (Å²) in [6, 6.07) is 10.2. The Balaban J connectivity index is 1.61. The highest BCUT2D eigenvalue weighted by Gasteiger charge is 2.23. The van der Waals surface area contributed by atoms with Gasteiger partial charge in [0.1, 0.15) is 30.7 Å². The molecule has 1 aliphatic rings. The van der Waals surface area contributed by atoms with Crippen LogP contribution in [0.1, 0.15) is 36.2 Å². The van der Waals surface area contributed by atoms with Crippen LogP contribution in [-0.4, -0.2) is 33.8 Å². The third-order valence-corrected chi connectivity index (χ3v) is 5.58. The summed E-state index contributed by atoms with van der Waals surface area (Å²) in [5.41, 5.74) is 3.06. The van der Waals surface area contributed by atoms with Gasteiger partial charge in [-0.05, 0) is 37.0 Å². The average Bonchev–Trinajstić information content (AvgIpc) is 3.37. The third kappa shape index (κ3) is 5.67. The number of pyridine rings is 1. The van der Waals surface area contributed by atoms with Crippen molar-refractivity contribution in [1.82, 2.24) is 20.3 Å². The molecule has 0 aliphatic heterocycles. The van der Waals surface area contributed by atoms with Crippen LogP contribution in [0.2, 0.25) is 0 Å². The van der Waals surface area contributed by atoms with Gasteiger partial charge in [0.2, 0.25) is 0 Å². The summed E-state index contributed by atoms with van der Waals surface area (Å²) >= 11 is 0. The largest absolute Gasteiger partial charge is 0.486 e. The molecule has 0 radical (unpaired) electrons. The molecule has 36 heavy (non-hydrogen) atoms. The average molecular weight is 487 g/mol. The second kappa shape index (κ2) is 11.6. The fourth-order valence-electron chi connectivity index (χ4n) is 3.79. The molecule has 0 atom stereocenters. The fraction of sp³-hybridized carbons (Fsp3) is 0.240. The number of benzene rings is 1. The molecule has 0 unspecified atom stereocenters. The standard InChI is InChI=1S/C25H23FN8O2/c26-19-6-2-1-4-16(19)14-30-21-7-3-5-18(21)23(28)25-31-15-22(36-11-10-32-35)24(34-25)33-20-8-9-29-13-17(20)12-27/h1-2,4,6,8-9,13,15,28,30H,3,5,7,10-11,14H2,(H,29,31,33,34). The summed E-state index contributed by atoms with van der Waals surface area (Å²) in [5.74, 6) is 0.354. The highest BCUT2D eigenvalue weighted by molar-refractivity contribution is 6.09. The van der Waals surface area contributed by atoms with Gasteiger partial charge in [-0.1, -0.05) is 23.4 Å². The number of halogens is 1. The summed E-state index contributed by atoms with van der Waals surface area (Å²) in [5, 5.41) is 27.3. The van der Waals surface area contributed by atoms with E-state index in [1.54, 1.807) is 24.3 Å². The quantitative estimate of drug-likeness (QED) is 0.205. The molecule has 182 valence electrons. The number of rotatable bonds is 11. The first-order valence-electron chi connectivity index (χ1n) is 11.3. The lowest BCUT2D eigenvalue weighted by Crippen LogP contribution is -2.18. The van der Waals surface area contributed by atoms with Crippen molar-refractivity contribution in [3.8, 4) is 11.8 Å². The molecule has 2 heterocycles. The molecule has 0 saturated heterocycles. The number of hydrogen-bond acceptors (Lipinski definition) is 10. The zero-order valence-electron chi connectivity index (χ0n) is 19.3. The molecular formula is C25H23FN8O2. The van der Waals surface area contributed by atoms with Gasteiger partial charge in [-0.25, -0.2) is 14.4 Å². The van der Waals surface area contributed by atoms with Crippen LogP contribution in [0.3, 0.4) is 0 Å². The van der Waals surface area contributed by atoms with Crippen LogP contribution in [0.5, 0.6) is 5.75 Å². The van der Waals surface area contributed by atoms with Crippen LogP contribution >= 0.6 is 0 Å². The van der Waals surface area contributed by atoms with Crippen molar-refractivity contribution in [1.29, 1.82) is 10.7 Å². The van der Waals surface area contributed by atoms with Crippen LogP contribution in [0.4, 0.5) is 15.9 Å². The summed E-state index contributed by atoms with van der Waals surface area (Å²) < 4.78 is 19.6. The molecule has 1 aromatic carbocycles. The Bertz CT molecular complexity index is 1350. The fourth-order valence-corrected chi connectivity index (χ4v) is 3.79. The van der Waals surface area contributed by atoms with Crippen LogP contribution in [0.25, 0.3) is 0 Å². The smallest absolute Gasteiger partial charge is 0.180 e. The number of hydrogen-bond donors (Lipinski definition) is 3. The number of nitriles is 1. The molecule has 11 heteroatoms. The lowest BCUT2D eigenvalue weighted by Gasteiger charge is -2.15. The Morgan fingerprint density at radius 1 is 1.25 bits per heavy atom. The molecule has 0 fully saturated rings. The van der Waals surface area contributed by atoms with Crippen LogP contribution in [0.15, 0.2) is 65.4 Å². The SMILES string of the molecule is N#Cc1cnccc1Nc1nc(C(=N)C2=C(NCc3ccccc3F)CCC2)ncc1OCCN=O. The summed E-state index contributed by atoms with van der Waals surface area (Å²) in [6.07, 6.45) is 6.61. The molecule has 2 aromatic heterocycles. The van der Waals surface area contributed by atoms with Crippen molar-refractivity contribution >= 4 is 17.2 Å². The second-order valence-electron chi connectivity index (χ2n) is 7.90. The van der Waals surface area contributed by atoms with E-state index in [1.807, 2.05) is 0 Å². The minimum Gasteiger partial charge on any atom is -0.486 e. The van der Waals surface area contributed by atoms with E-state index in [9.17, 15) is 14.6 Å². The van der Waals surface area contributed by atoms with Crippen molar-refractivity contribution in [2.24, 2.45) is 5.18 Å². The van der Waals surface area contributed by atoms with Gasteiger partial charge in [-0.2, -0.15) is 10.2 Å². The van der Waals surface area contributed by atoms with Gasteiger partial charge in [-0.15, -0.1) is 0 Å². The number of aromatic nitrogens is 3. The predicted molar refractivity (Wildman–Crippen MR) is 131 cm³/mol. The molecule has 3 N–H and O–H groups in total. The summed E-state index contributed by atoms with van der Waals surface area (Å²) in [4.78, 5) is 23.2. The number of nitrogens with zero attached hydrogens (tertiary/aromatic N) is 5. The van der Waals surface area contributed by atoms with Crippen molar-refractivity contribution in [3.05, 3.63) is 87.9 Å². The lowest BCUT2D eigenvalue weighted by atomic mass is 10.1. The van der Waals surface area contributed by atoms with Crippen molar-refractivity contribution in [2.75, 3.05) is 18.5 Å². The first-order chi connectivity index (χ1) is 17.6. The predicted octanol–water partition coefficient (Wildman–Crippen LogP) is 4.37. The van der Waals surface area contributed by atoms with Gasteiger partial charge in [0.05, 0.1) is 17.4 Å². The topological polar surface area (TPSA) is 149 Å². The molecule has 10 nitrogen and oxygen atoms in total. The van der Waals surface area contributed by atoms with Gasteiger partial charge < -0.3 is 15.4 Å². The van der Waals surface area contributed by atoms with Gasteiger partial charge in [0.25, 0.3) is 0 Å².